The first kappa shape index (κ1) is 12.9. The van der Waals surface area contributed by atoms with Crippen LogP contribution in [0.15, 0.2) is 24.3 Å². The number of hydrogen-bond donors (Lipinski definition) is 1. The lowest BCUT2D eigenvalue weighted by molar-refractivity contribution is -0.126. The Morgan fingerprint density at radius 1 is 1.44 bits per heavy atom. The van der Waals surface area contributed by atoms with E-state index in [0.717, 1.165) is 18.7 Å². The lowest BCUT2D eigenvalue weighted by atomic mass is 9.97. The van der Waals surface area contributed by atoms with Crippen LogP contribution in [0.2, 0.25) is 0 Å². The van der Waals surface area contributed by atoms with E-state index in [9.17, 15) is 4.79 Å². The summed E-state index contributed by atoms with van der Waals surface area (Å²) in [6.45, 7) is 3.66. The van der Waals surface area contributed by atoms with Gasteiger partial charge in [-0.2, -0.15) is 0 Å². The highest BCUT2D eigenvalue weighted by atomic mass is 16.2. The molecule has 0 bridgehead atoms. The molecule has 98 valence electrons. The summed E-state index contributed by atoms with van der Waals surface area (Å²) in [6.07, 6.45) is 1.58. The summed E-state index contributed by atoms with van der Waals surface area (Å²) in [7, 11) is 1.82. The molecule has 0 aromatic heterocycles. The Morgan fingerprint density at radius 3 is 2.83 bits per heavy atom. The second kappa shape index (κ2) is 5.40. The van der Waals surface area contributed by atoms with Gasteiger partial charge in [0.15, 0.2) is 0 Å². The largest absolute Gasteiger partial charge is 0.330 e. The van der Waals surface area contributed by atoms with Gasteiger partial charge in [-0.3, -0.25) is 14.8 Å². The Bertz CT molecular complexity index is 433. The van der Waals surface area contributed by atoms with Gasteiger partial charge in [-0.1, -0.05) is 19.1 Å². The fourth-order valence-electron chi connectivity index (χ4n) is 2.36. The molecule has 1 aromatic rings. The molecule has 0 spiro atoms. The first-order valence-electron chi connectivity index (χ1n) is 6.47. The number of carbonyl (C=O) groups excluding carboxylic acids is 1. The molecule has 1 unspecified atom stereocenters. The molecule has 1 aromatic carbocycles. The van der Waals surface area contributed by atoms with E-state index < -0.39 is 0 Å². The van der Waals surface area contributed by atoms with Crippen molar-refractivity contribution in [3.05, 3.63) is 29.8 Å². The van der Waals surface area contributed by atoms with E-state index in [2.05, 4.69) is 19.1 Å². The van der Waals surface area contributed by atoms with E-state index in [1.54, 1.807) is 5.01 Å². The van der Waals surface area contributed by atoms with Crippen LogP contribution in [0.4, 0.5) is 5.69 Å². The molecule has 1 aliphatic rings. The third-order valence-corrected chi connectivity index (χ3v) is 3.60. The summed E-state index contributed by atoms with van der Waals surface area (Å²) < 4.78 is 0. The van der Waals surface area contributed by atoms with Crippen molar-refractivity contribution in [2.45, 2.75) is 25.7 Å². The van der Waals surface area contributed by atoms with Gasteiger partial charge in [0.25, 0.3) is 0 Å². The standard InChI is InChI=1S/C14H21N3O/c1-11(6-8-15)12-4-3-5-13(10-12)17-9-7-14(18)16(17)2/h3-5,10-11H,6-9,15H2,1-2H3. The van der Waals surface area contributed by atoms with Crippen LogP contribution in [-0.2, 0) is 4.79 Å². The SMILES string of the molecule is CC(CCN)c1cccc(N2CCC(=O)N2C)c1. The minimum absolute atomic E-state index is 0.176. The summed E-state index contributed by atoms with van der Waals surface area (Å²) in [6, 6.07) is 8.39. The summed E-state index contributed by atoms with van der Waals surface area (Å²) in [5.41, 5.74) is 7.97. The molecule has 2 N–H and O–H groups in total. The first-order valence-corrected chi connectivity index (χ1v) is 6.47. The number of anilines is 1. The van der Waals surface area contributed by atoms with E-state index in [-0.39, 0.29) is 5.91 Å². The molecule has 1 heterocycles. The topological polar surface area (TPSA) is 49.6 Å². The maximum absolute atomic E-state index is 11.5. The van der Waals surface area contributed by atoms with Crippen molar-refractivity contribution in [3.63, 3.8) is 0 Å². The predicted molar refractivity (Wildman–Crippen MR) is 73.3 cm³/mol. The number of hydrazine groups is 1. The van der Waals surface area contributed by atoms with Crippen molar-refractivity contribution in [2.24, 2.45) is 5.73 Å². The maximum Gasteiger partial charge on any atom is 0.242 e. The minimum atomic E-state index is 0.176. The van der Waals surface area contributed by atoms with Crippen LogP contribution in [0.3, 0.4) is 0 Å². The minimum Gasteiger partial charge on any atom is -0.330 e. The summed E-state index contributed by atoms with van der Waals surface area (Å²) >= 11 is 0. The lowest BCUT2D eigenvalue weighted by Crippen LogP contribution is -2.35. The third-order valence-electron chi connectivity index (χ3n) is 3.60. The number of hydrogen-bond acceptors (Lipinski definition) is 3. The zero-order valence-corrected chi connectivity index (χ0v) is 11.1. The molecule has 1 saturated heterocycles. The highest BCUT2D eigenvalue weighted by Crippen LogP contribution is 2.26. The quantitative estimate of drug-likeness (QED) is 0.881. The highest BCUT2D eigenvalue weighted by molar-refractivity contribution is 5.81. The van der Waals surface area contributed by atoms with Crippen LogP contribution in [0.25, 0.3) is 0 Å². The molecular formula is C14H21N3O. The second-order valence-corrected chi connectivity index (χ2v) is 4.86. The van der Waals surface area contributed by atoms with Gasteiger partial charge in [0.2, 0.25) is 5.91 Å². The third kappa shape index (κ3) is 2.48. The van der Waals surface area contributed by atoms with Crippen LogP contribution in [-0.4, -0.2) is 31.1 Å². The summed E-state index contributed by atoms with van der Waals surface area (Å²) in [4.78, 5) is 11.5. The van der Waals surface area contributed by atoms with Crippen molar-refractivity contribution in [2.75, 3.05) is 25.1 Å². The van der Waals surface area contributed by atoms with Crippen molar-refractivity contribution in [1.82, 2.24) is 5.01 Å². The molecule has 0 aliphatic carbocycles. The Hall–Kier alpha value is -1.55. The van der Waals surface area contributed by atoms with Crippen molar-refractivity contribution < 1.29 is 4.79 Å². The molecule has 4 heteroatoms. The van der Waals surface area contributed by atoms with E-state index in [0.29, 0.717) is 18.9 Å². The molecular weight excluding hydrogens is 226 g/mol. The van der Waals surface area contributed by atoms with Crippen LogP contribution < -0.4 is 10.7 Å². The maximum atomic E-state index is 11.5. The van der Waals surface area contributed by atoms with Gasteiger partial charge in [0, 0.05) is 20.0 Å². The normalized spacial score (nSPS) is 17.4. The van der Waals surface area contributed by atoms with Gasteiger partial charge in [-0.15, -0.1) is 0 Å². The van der Waals surface area contributed by atoms with Gasteiger partial charge >= 0.3 is 0 Å². The number of benzene rings is 1. The van der Waals surface area contributed by atoms with Gasteiger partial charge in [0.05, 0.1) is 5.69 Å². The van der Waals surface area contributed by atoms with Gasteiger partial charge in [0.1, 0.15) is 0 Å². The number of nitrogens with zero attached hydrogens (tertiary/aromatic N) is 2. The molecule has 1 amide bonds. The van der Waals surface area contributed by atoms with Crippen molar-refractivity contribution in [1.29, 1.82) is 0 Å². The van der Waals surface area contributed by atoms with Crippen LogP contribution >= 0.6 is 0 Å². The lowest BCUT2D eigenvalue weighted by Gasteiger charge is -2.27. The fourth-order valence-corrected chi connectivity index (χ4v) is 2.36. The predicted octanol–water partition coefficient (Wildman–Crippen LogP) is 1.72. The van der Waals surface area contributed by atoms with Gasteiger partial charge in [-0.25, -0.2) is 0 Å². The van der Waals surface area contributed by atoms with E-state index in [4.69, 9.17) is 5.73 Å². The van der Waals surface area contributed by atoms with Crippen LogP contribution in [0.1, 0.15) is 31.2 Å². The molecule has 1 aliphatic heterocycles. The smallest absolute Gasteiger partial charge is 0.242 e. The second-order valence-electron chi connectivity index (χ2n) is 4.86. The van der Waals surface area contributed by atoms with Crippen LogP contribution in [0.5, 0.6) is 0 Å². The monoisotopic (exact) mass is 247 g/mol. The molecule has 0 saturated carbocycles. The molecule has 1 fully saturated rings. The zero-order valence-electron chi connectivity index (χ0n) is 11.1. The molecule has 4 nitrogen and oxygen atoms in total. The van der Waals surface area contributed by atoms with Gasteiger partial charge < -0.3 is 5.73 Å². The Morgan fingerprint density at radius 2 is 2.22 bits per heavy atom. The molecule has 1 atom stereocenters. The number of amides is 1. The summed E-state index contributed by atoms with van der Waals surface area (Å²) in [5, 5.41) is 3.73. The van der Waals surface area contributed by atoms with E-state index >= 15 is 0 Å². The van der Waals surface area contributed by atoms with E-state index in [1.807, 2.05) is 24.2 Å². The first-order chi connectivity index (χ1) is 8.63. The van der Waals surface area contributed by atoms with E-state index in [1.165, 1.54) is 5.56 Å². The summed E-state index contributed by atoms with van der Waals surface area (Å²) in [5.74, 6) is 0.633. The fraction of sp³-hybridized carbons (Fsp3) is 0.500. The number of carbonyl (C=O) groups is 1. The zero-order chi connectivity index (χ0) is 13.1. The van der Waals surface area contributed by atoms with Crippen molar-refractivity contribution >= 4 is 11.6 Å². The Balaban J connectivity index is 2.19. The average molecular weight is 247 g/mol. The molecule has 18 heavy (non-hydrogen) atoms. The Kier molecular flexibility index (Phi) is 3.87. The van der Waals surface area contributed by atoms with Crippen LogP contribution in [0, 0.1) is 0 Å². The number of nitrogens with two attached hydrogens (primary N) is 1. The van der Waals surface area contributed by atoms with Gasteiger partial charge in [-0.05, 0) is 36.6 Å². The number of rotatable bonds is 4. The van der Waals surface area contributed by atoms with Crippen molar-refractivity contribution in [3.8, 4) is 0 Å². The Labute approximate surface area is 108 Å². The highest BCUT2D eigenvalue weighted by Gasteiger charge is 2.25. The average Bonchev–Trinajstić information content (AvgIpc) is 2.71. The molecule has 2 rings (SSSR count). The molecule has 0 radical (unpaired) electrons.